The van der Waals surface area contributed by atoms with Gasteiger partial charge in [0.15, 0.2) is 5.54 Å². The van der Waals surface area contributed by atoms with Crippen LogP contribution in [-0.2, 0) is 10.3 Å². The Labute approximate surface area is 202 Å². The van der Waals surface area contributed by atoms with Crippen molar-refractivity contribution in [2.24, 2.45) is 5.73 Å². The number of benzene rings is 3. The van der Waals surface area contributed by atoms with Gasteiger partial charge in [-0.2, -0.15) is 0 Å². The highest BCUT2D eigenvalue weighted by Gasteiger charge is 2.39. The zero-order chi connectivity index (χ0) is 24.7. The quantitative estimate of drug-likeness (QED) is 0.191. The fraction of sp³-hybridized carbons (Fsp3) is 0.154. The average Bonchev–Trinajstić information content (AvgIpc) is 2.82. The monoisotopic (exact) mass is 477 g/mol. The highest BCUT2D eigenvalue weighted by Crippen LogP contribution is 2.38. The Bertz CT molecular complexity index is 1250. The molecule has 0 aliphatic rings. The predicted molar refractivity (Wildman–Crippen MR) is 133 cm³/mol. The van der Waals surface area contributed by atoms with Crippen molar-refractivity contribution in [3.05, 3.63) is 94.0 Å². The zero-order valence-electron chi connectivity index (χ0n) is 18.4. The first-order valence-electron chi connectivity index (χ1n) is 10.4. The lowest BCUT2D eigenvalue weighted by Gasteiger charge is -2.30. The average molecular weight is 478 g/mol. The van der Waals surface area contributed by atoms with E-state index in [1.807, 2.05) is 30.3 Å². The van der Waals surface area contributed by atoms with Gasteiger partial charge in [-0.3, -0.25) is 5.41 Å². The Kier molecular flexibility index (Phi) is 7.79. The van der Waals surface area contributed by atoms with Crippen molar-refractivity contribution in [3.8, 4) is 17.6 Å². The number of nitrogen functional groups attached to an aromatic ring is 1. The van der Waals surface area contributed by atoms with Crippen LogP contribution < -0.4 is 15.8 Å². The number of aliphatic hydroxyl groups is 1. The smallest absolute Gasteiger partial charge is 0.333 e. The number of nitrogens with one attached hydrogen (secondary N) is 2. The molecule has 0 spiro atoms. The van der Waals surface area contributed by atoms with Crippen LogP contribution in [0, 0.1) is 17.3 Å². The molecule has 1 atom stereocenters. The minimum Gasteiger partial charge on any atom is -0.489 e. The van der Waals surface area contributed by atoms with Gasteiger partial charge in [0.25, 0.3) is 0 Å². The molecular weight excluding hydrogens is 454 g/mol. The van der Waals surface area contributed by atoms with E-state index < -0.39 is 11.5 Å². The topological polar surface area (TPSA) is 129 Å². The van der Waals surface area contributed by atoms with Gasteiger partial charge in [-0.1, -0.05) is 41.6 Å². The van der Waals surface area contributed by atoms with E-state index in [1.54, 1.807) is 30.3 Å². The van der Waals surface area contributed by atoms with E-state index >= 15 is 0 Å². The number of ether oxygens (including phenoxy) is 1. The molecule has 3 aromatic rings. The molecule has 0 amide bonds. The maximum atomic E-state index is 12.5. The van der Waals surface area contributed by atoms with Gasteiger partial charge in [0.2, 0.25) is 0 Å². The second-order valence-corrected chi connectivity index (χ2v) is 8.00. The number of carboxylic acids is 1. The number of aliphatic carboxylic acids is 1. The maximum Gasteiger partial charge on any atom is 0.333 e. The van der Waals surface area contributed by atoms with Gasteiger partial charge < -0.3 is 26.0 Å². The fourth-order valence-corrected chi connectivity index (χ4v) is 3.50. The maximum absolute atomic E-state index is 12.5. The molecule has 0 aromatic heterocycles. The molecule has 0 radical (unpaired) electrons. The Morgan fingerprint density at radius 3 is 2.41 bits per heavy atom. The molecule has 0 saturated heterocycles. The van der Waals surface area contributed by atoms with Crippen molar-refractivity contribution < 1.29 is 19.7 Å². The van der Waals surface area contributed by atoms with E-state index in [0.29, 0.717) is 16.8 Å². The standard InChI is InChI=1S/C26H24ClN3O4/c1-26(25(32)33,30-21-11-9-18(10-12-21)24(28)29)22-16-20(27)15-19(23(22)34-14-13-31)8-7-17-5-3-2-4-6-17/h2-6,9-12,15-16,30-31H,13-14H2,1H3,(H3,28,29)(H,32,33). The molecule has 8 heteroatoms. The summed E-state index contributed by atoms with van der Waals surface area (Å²) in [5, 5.41) is 30.4. The van der Waals surface area contributed by atoms with Crippen LogP contribution in [0.3, 0.4) is 0 Å². The van der Waals surface area contributed by atoms with Crippen molar-refractivity contribution in [1.29, 1.82) is 5.41 Å². The molecule has 0 aliphatic carbocycles. The number of carbonyl (C=O) groups is 1. The van der Waals surface area contributed by atoms with Crippen LogP contribution in [0.15, 0.2) is 66.7 Å². The number of hydrogen-bond acceptors (Lipinski definition) is 5. The minimum atomic E-state index is -1.67. The van der Waals surface area contributed by atoms with Gasteiger partial charge in [0.1, 0.15) is 18.2 Å². The van der Waals surface area contributed by atoms with E-state index in [0.717, 1.165) is 5.56 Å². The summed E-state index contributed by atoms with van der Waals surface area (Å²) in [6, 6.07) is 18.9. The van der Waals surface area contributed by atoms with Crippen molar-refractivity contribution in [2.75, 3.05) is 18.5 Å². The van der Waals surface area contributed by atoms with E-state index in [-0.39, 0.29) is 35.4 Å². The molecule has 6 N–H and O–H groups in total. The number of halogens is 1. The highest BCUT2D eigenvalue weighted by atomic mass is 35.5. The molecule has 174 valence electrons. The fourth-order valence-electron chi connectivity index (χ4n) is 3.28. The zero-order valence-corrected chi connectivity index (χ0v) is 19.2. The molecule has 0 heterocycles. The largest absolute Gasteiger partial charge is 0.489 e. The van der Waals surface area contributed by atoms with Crippen LogP contribution >= 0.6 is 11.6 Å². The summed E-state index contributed by atoms with van der Waals surface area (Å²) in [5.41, 5.74) is 6.23. The van der Waals surface area contributed by atoms with Crippen LogP contribution in [0.25, 0.3) is 0 Å². The summed E-state index contributed by atoms with van der Waals surface area (Å²) in [5.74, 6) is 4.98. The first kappa shape index (κ1) is 24.6. The van der Waals surface area contributed by atoms with E-state index in [1.165, 1.54) is 13.0 Å². The number of amidine groups is 1. The second kappa shape index (κ2) is 10.8. The SMILES string of the molecule is CC(Nc1ccc(C(=N)N)cc1)(C(=O)O)c1cc(Cl)cc(C#Cc2ccccc2)c1OCCO. The third-order valence-corrected chi connectivity index (χ3v) is 5.28. The van der Waals surface area contributed by atoms with E-state index in [2.05, 4.69) is 17.2 Å². The van der Waals surface area contributed by atoms with Crippen molar-refractivity contribution >= 4 is 29.1 Å². The van der Waals surface area contributed by atoms with Gasteiger partial charge in [0, 0.05) is 27.4 Å². The van der Waals surface area contributed by atoms with Gasteiger partial charge in [-0.05, 0) is 55.5 Å². The predicted octanol–water partition coefficient (Wildman–Crippen LogP) is 3.81. The number of hydrogen-bond donors (Lipinski definition) is 5. The Morgan fingerprint density at radius 1 is 1.15 bits per heavy atom. The molecule has 34 heavy (non-hydrogen) atoms. The number of rotatable bonds is 8. The molecule has 3 rings (SSSR count). The summed E-state index contributed by atoms with van der Waals surface area (Å²) in [6.45, 7) is 1.16. The van der Waals surface area contributed by atoms with Crippen LogP contribution in [0.4, 0.5) is 5.69 Å². The highest BCUT2D eigenvalue weighted by molar-refractivity contribution is 6.30. The molecular formula is C26H24ClN3O4. The normalized spacial score (nSPS) is 12.1. The first-order valence-corrected chi connectivity index (χ1v) is 10.7. The van der Waals surface area contributed by atoms with Crippen LogP contribution in [-0.4, -0.2) is 35.2 Å². The molecule has 0 bridgehead atoms. The molecule has 1 unspecified atom stereocenters. The molecule has 0 aliphatic heterocycles. The second-order valence-electron chi connectivity index (χ2n) is 7.56. The van der Waals surface area contributed by atoms with Crippen LogP contribution in [0.2, 0.25) is 5.02 Å². The number of nitrogens with two attached hydrogens (primary N) is 1. The molecule has 3 aromatic carbocycles. The van der Waals surface area contributed by atoms with Crippen molar-refractivity contribution in [1.82, 2.24) is 0 Å². The molecule has 7 nitrogen and oxygen atoms in total. The molecule has 0 fully saturated rings. The number of anilines is 1. The lowest BCUT2D eigenvalue weighted by molar-refractivity contribution is -0.142. The molecule has 0 saturated carbocycles. The van der Waals surface area contributed by atoms with Crippen LogP contribution in [0.5, 0.6) is 5.75 Å². The van der Waals surface area contributed by atoms with Gasteiger partial charge >= 0.3 is 5.97 Å². The number of aliphatic hydroxyl groups excluding tert-OH is 1. The summed E-state index contributed by atoms with van der Waals surface area (Å²) >= 11 is 6.38. The van der Waals surface area contributed by atoms with Gasteiger partial charge in [-0.15, -0.1) is 0 Å². The van der Waals surface area contributed by atoms with Crippen LogP contribution in [0.1, 0.15) is 29.2 Å². The lowest BCUT2D eigenvalue weighted by atomic mass is 9.89. The van der Waals surface area contributed by atoms with E-state index in [4.69, 9.17) is 27.5 Å². The first-order chi connectivity index (χ1) is 16.2. The summed E-state index contributed by atoms with van der Waals surface area (Å²) in [6.07, 6.45) is 0. The third kappa shape index (κ3) is 5.67. The Hall–Kier alpha value is -3.99. The van der Waals surface area contributed by atoms with Gasteiger partial charge in [-0.25, -0.2) is 4.79 Å². The number of carboxylic acid groups (broad SMARTS) is 1. The van der Waals surface area contributed by atoms with Crippen molar-refractivity contribution in [2.45, 2.75) is 12.5 Å². The van der Waals surface area contributed by atoms with Crippen molar-refractivity contribution in [3.63, 3.8) is 0 Å². The minimum absolute atomic E-state index is 0.0579. The summed E-state index contributed by atoms with van der Waals surface area (Å²) in [7, 11) is 0. The third-order valence-electron chi connectivity index (χ3n) is 5.06. The Balaban J connectivity index is 2.13. The Morgan fingerprint density at radius 2 is 1.82 bits per heavy atom. The van der Waals surface area contributed by atoms with E-state index in [9.17, 15) is 15.0 Å². The summed E-state index contributed by atoms with van der Waals surface area (Å²) in [4.78, 5) is 12.5. The summed E-state index contributed by atoms with van der Waals surface area (Å²) < 4.78 is 5.79. The van der Waals surface area contributed by atoms with Gasteiger partial charge in [0.05, 0.1) is 12.2 Å². The lowest BCUT2D eigenvalue weighted by Crippen LogP contribution is -2.41.